The SMILES string of the molecule is Cc1cc(C=NNC(=O)C(=O)Nc2cccc(Cl)c2)c(C)n1-c1ccccc1. The molecule has 2 aromatic carbocycles. The van der Waals surface area contributed by atoms with E-state index in [4.69, 9.17) is 11.6 Å². The molecule has 28 heavy (non-hydrogen) atoms. The number of hydrogen-bond acceptors (Lipinski definition) is 3. The molecule has 0 bridgehead atoms. The summed E-state index contributed by atoms with van der Waals surface area (Å²) in [5.74, 6) is -1.69. The Morgan fingerprint density at radius 1 is 1.00 bits per heavy atom. The van der Waals surface area contributed by atoms with Gasteiger partial charge < -0.3 is 9.88 Å². The maximum atomic E-state index is 11.9. The van der Waals surface area contributed by atoms with Gasteiger partial charge in [0.25, 0.3) is 0 Å². The second-order valence-electron chi connectivity index (χ2n) is 6.16. The zero-order valence-electron chi connectivity index (χ0n) is 15.4. The Morgan fingerprint density at radius 3 is 2.46 bits per heavy atom. The first-order chi connectivity index (χ1) is 13.5. The minimum Gasteiger partial charge on any atom is -0.318 e. The molecular formula is C21H19ClN4O2. The highest BCUT2D eigenvalue weighted by Crippen LogP contribution is 2.19. The van der Waals surface area contributed by atoms with Crippen LogP contribution < -0.4 is 10.7 Å². The number of benzene rings is 2. The third-order valence-corrected chi connectivity index (χ3v) is 4.38. The van der Waals surface area contributed by atoms with Crippen molar-refractivity contribution in [3.8, 4) is 5.69 Å². The summed E-state index contributed by atoms with van der Waals surface area (Å²) >= 11 is 5.86. The number of nitrogens with zero attached hydrogens (tertiary/aromatic N) is 2. The van der Waals surface area contributed by atoms with Crippen LogP contribution in [0.1, 0.15) is 17.0 Å². The van der Waals surface area contributed by atoms with Crippen molar-refractivity contribution in [2.75, 3.05) is 5.32 Å². The summed E-state index contributed by atoms with van der Waals surface area (Å²) in [6, 6.07) is 18.4. The Bertz CT molecular complexity index is 1040. The van der Waals surface area contributed by atoms with Gasteiger partial charge >= 0.3 is 11.8 Å². The molecule has 1 heterocycles. The van der Waals surface area contributed by atoms with E-state index in [1.165, 1.54) is 6.21 Å². The predicted octanol–water partition coefficient (Wildman–Crippen LogP) is 3.84. The minimum absolute atomic E-state index is 0.433. The Kier molecular flexibility index (Phi) is 5.91. The molecule has 0 saturated carbocycles. The molecule has 1 aromatic heterocycles. The average Bonchev–Trinajstić information content (AvgIpc) is 2.95. The fraction of sp³-hybridized carbons (Fsp3) is 0.0952. The monoisotopic (exact) mass is 394 g/mol. The smallest absolute Gasteiger partial charge is 0.318 e. The van der Waals surface area contributed by atoms with Gasteiger partial charge in [-0.25, -0.2) is 5.43 Å². The number of hydrogen-bond donors (Lipinski definition) is 2. The van der Waals surface area contributed by atoms with Gasteiger partial charge in [-0.15, -0.1) is 0 Å². The van der Waals surface area contributed by atoms with Gasteiger partial charge in [0.2, 0.25) is 0 Å². The molecule has 0 unspecified atom stereocenters. The third kappa shape index (κ3) is 4.47. The molecule has 0 aliphatic rings. The average molecular weight is 395 g/mol. The first-order valence-electron chi connectivity index (χ1n) is 8.60. The second kappa shape index (κ2) is 8.54. The van der Waals surface area contributed by atoms with Crippen molar-refractivity contribution in [2.45, 2.75) is 13.8 Å². The molecule has 0 aliphatic heterocycles. The fourth-order valence-electron chi connectivity index (χ4n) is 2.86. The van der Waals surface area contributed by atoms with Gasteiger partial charge in [-0.05, 0) is 50.2 Å². The molecule has 2 N–H and O–H groups in total. The maximum Gasteiger partial charge on any atom is 0.329 e. The van der Waals surface area contributed by atoms with Gasteiger partial charge in [0.15, 0.2) is 0 Å². The highest BCUT2D eigenvalue weighted by Gasteiger charge is 2.13. The number of halogens is 1. The minimum atomic E-state index is -0.868. The molecule has 6 nitrogen and oxygen atoms in total. The summed E-state index contributed by atoms with van der Waals surface area (Å²) in [5, 5.41) is 6.83. The van der Waals surface area contributed by atoms with E-state index < -0.39 is 11.8 Å². The van der Waals surface area contributed by atoms with Crippen molar-refractivity contribution >= 4 is 35.3 Å². The number of hydrazone groups is 1. The van der Waals surface area contributed by atoms with Crippen LogP contribution in [0.5, 0.6) is 0 Å². The number of carbonyl (C=O) groups is 2. The van der Waals surface area contributed by atoms with Crippen molar-refractivity contribution in [1.82, 2.24) is 9.99 Å². The van der Waals surface area contributed by atoms with Crippen LogP contribution in [0, 0.1) is 13.8 Å². The number of amides is 2. The van der Waals surface area contributed by atoms with E-state index in [-0.39, 0.29) is 0 Å². The van der Waals surface area contributed by atoms with Crippen LogP contribution in [-0.4, -0.2) is 22.6 Å². The molecule has 7 heteroatoms. The van der Waals surface area contributed by atoms with E-state index >= 15 is 0 Å². The molecule has 0 radical (unpaired) electrons. The van der Waals surface area contributed by atoms with Crippen LogP contribution in [0.15, 0.2) is 65.8 Å². The second-order valence-corrected chi connectivity index (χ2v) is 6.60. The number of rotatable bonds is 4. The van der Waals surface area contributed by atoms with Gasteiger partial charge in [-0.2, -0.15) is 5.10 Å². The Morgan fingerprint density at radius 2 is 1.75 bits per heavy atom. The molecule has 0 spiro atoms. The molecule has 3 aromatic rings. The molecule has 0 atom stereocenters. The zero-order chi connectivity index (χ0) is 20.1. The predicted molar refractivity (Wildman–Crippen MR) is 111 cm³/mol. The van der Waals surface area contributed by atoms with E-state index in [0.717, 1.165) is 22.6 Å². The highest BCUT2D eigenvalue weighted by atomic mass is 35.5. The Labute approximate surface area is 167 Å². The molecule has 142 valence electrons. The maximum absolute atomic E-state index is 11.9. The largest absolute Gasteiger partial charge is 0.329 e. The number of nitrogens with one attached hydrogen (secondary N) is 2. The summed E-state index contributed by atoms with van der Waals surface area (Å²) in [6.07, 6.45) is 1.52. The van der Waals surface area contributed by atoms with E-state index in [1.54, 1.807) is 24.3 Å². The number of para-hydroxylation sites is 1. The van der Waals surface area contributed by atoms with Gasteiger partial charge in [-0.1, -0.05) is 35.9 Å². The van der Waals surface area contributed by atoms with E-state index in [0.29, 0.717) is 10.7 Å². The van der Waals surface area contributed by atoms with Crippen LogP contribution in [0.2, 0.25) is 5.02 Å². The van der Waals surface area contributed by atoms with Crippen LogP contribution in [0.25, 0.3) is 5.69 Å². The van der Waals surface area contributed by atoms with Crippen LogP contribution in [0.3, 0.4) is 0 Å². The molecule has 0 fully saturated rings. The van der Waals surface area contributed by atoms with E-state index in [1.807, 2.05) is 50.2 Å². The summed E-state index contributed by atoms with van der Waals surface area (Å²) in [5.41, 5.74) is 6.57. The van der Waals surface area contributed by atoms with Crippen molar-refractivity contribution in [3.05, 3.63) is 82.6 Å². The summed E-state index contributed by atoms with van der Waals surface area (Å²) in [4.78, 5) is 23.9. The molecule has 0 aliphatic carbocycles. The van der Waals surface area contributed by atoms with E-state index in [2.05, 4.69) is 20.4 Å². The van der Waals surface area contributed by atoms with Crippen LogP contribution in [-0.2, 0) is 9.59 Å². The molecular weight excluding hydrogens is 376 g/mol. The number of carbonyl (C=O) groups excluding carboxylic acids is 2. The van der Waals surface area contributed by atoms with Crippen molar-refractivity contribution in [3.63, 3.8) is 0 Å². The normalized spacial score (nSPS) is 10.8. The van der Waals surface area contributed by atoms with Crippen molar-refractivity contribution in [1.29, 1.82) is 0 Å². The zero-order valence-corrected chi connectivity index (χ0v) is 16.2. The summed E-state index contributed by atoms with van der Waals surface area (Å²) < 4.78 is 2.09. The molecule has 0 saturated heterocycles. The summed E-state index contributed by atoms with van der Waals surface area (Å²) in [6.45, 7) is 3.96. The molecule has 3 rings (SSSR count). The van der Waals surface area contributed by atoms with Crippen LogP contribution >= 0.6 is 11.6 Å². The lowest BCUT2D eigenvalue weighted by atomic mass is 10.2. The summed E-state index contributed by atoms with van der Waals surface area (Å²) in [7, 11) is 0. The first-order valence-corrected chi connectivity index (χ1v) is 8.98. The van der Waals surface area contributed by atoms with Gasteiger partial charge in [0.05, 0.1) is 6.21 Å². The lowest BCUT2D eigenvalue weighted by molar-refractivity contribution is -0.136. The molecule has 2 amide bonds. The van der Waals surface area contributed by atoms with E-state index in [9.17, 15) is 9.59 Å². The first kappa shape index (κ1) is 19.4. The Balaban J connectivity index is 1.66. The lowest BCUT2D eigenvalue weighted by Gasteiger charge is -2.09. The van der Waals surface area contributed by atoms with Gasteiger partial charge in [0.1, 0.15) is 0 Å². The van der Waals surface area contributed by atoms with Gasteiger partial charge in [0, 0.05) is 33.3 Å². The van der Waals surface area contributed by atoms with Crippen molar-refractivity contribution in [2.24, 2.45) is 5.10 Å². The number of anilines is 1. The highest BCUT2D eigenvalue weighted by molar-refractivity contribution is 6.39. The van der Waals surface area contributed by atoms with Crippen LogP contribution in [0.4, 0.5) is 5.69 Å². The third-order valence-electron chi connectivity index (χ3n) is 4.14. The topological polar surface area (TPSA) is 75.5 Å². The number of aromatic nitrogens is 1. The quantitative estimate of drug-likeness (QED) is 0.401. The lowest BCUT2D eigenvalue weighted by Crippen LogP contribution is -2.32. The standard InChI is InChI=1S/C21H19ClN4O2/c1-14-11-16(15(2)26(14)19-9-4-3-5-10-19)13-23-25-21(28)20(27)24-18-8-6-7-17(22)12-18/h3-13H,1-2H3,(H,24,27)(H,25,28). The number of aryl methyl sites for hydroxylation is 1. The Hall–Kier alpha value is -3.38. The van der Waals surface area contributed by atoms with Gasteiger partial charge in [-0.3, -0.25) is 9.59 Å². The fourth-order valence-corrected chi connectivity index (χ4v) is 3.05. The van der Waals surface area contributed by atoms with Crippen molar-refractivity contribution < 1.29 is 9.59 Å².